The lowest BCUT2D eigenvalue weighted by molar-refractivity contribution is -0.136. The van der Waals surface area contributed by atoms with Gasteiger partial charge < -0.3 is 5.11 Å². The Labute approximate surface area is 159 Å². The number of rotatable bonds is 5. The number of carbonyl (C=O) groups is 1. The molecule has 25 heavy (non-hydrogen) atoms. The number of hydrogen-bond acceptors (Lipinski definition) is 3. The highest BCUT2D eigenvalue weighted by atomic mass is 35.5. The van der Waals surface area contributed by atoms with E-state index in [0.29, 0.717) is 20.6 Å². The van der Waals surface area contributed by atoms with Crippen molar-refractivity contribution in [2.24, 2.45) is 0 Å². The number of nitrogens with zero attached hydrogens (tertiary/aromatic N) is 1. The summed E-state index contributed by atoms with van der Waals surface area (Å²) in [5.41, 5.74) is 2.52. The molecule has 0 aliphatic carbocycles. The van der Waals surface area contributed by atoms with Gasteiger partial charge in [0.05, 0.1) is 12.1 Å². The Balaban J connectivity index is 1.93. The molecule has 126 valence electrons. The van der Waals surface area contributed by atoms with Gasteiger partial charge in [-0.05, 0) is 35.9 Å². The van der Waals surface area contributed by atoms with E-state index in [0.717, 1.165) is 16.1 Å². The first kappa shape index (κ1) is 17.7. The number of carboxylic acid groups (broad SMARTS) is 1. The monoisotopic (exact) mass is 389 g/mol. The van der Waals surface area contributed by atoms with Gasteiger partial charge in [-0.3, -0.25) is 4.79 Å². The lowest BCUT2D eigenvalue weighted by atomic mass is 10.1. The minimum Gasteiger partial charge on any atom is -0.481 e. The van der Waals surface area contributed by atoms with Crippen LogP contribution < -0.4 is 0 Å². The summed E-state index contributed by atoms with van der Waals surface area (Å²) in [6, 6.07) is 14.7. The Bertz CT molecular complexity index is 916. The Morgan fingerprint density at radius 1 is 1.00 bits per heavy atom. The molecular weight excluding hydrogens is 377 g/mol. The smallest absolute Gasteiger partial charge is 0.308 e. The molecule has 0 amide bonds. The molecule has 1 aromatic heterocycles. The maximum atomic E-state index is 11.2. The lowest BCUT2D eigenvalue weighted by Gasteiger charge is -2.00. The minimum atomic E-state index is -0.882. The molecule has 3 aromatic rings. The van der Waals surface area contributed by atoms with E-state index in [4.69, 9.17) is 28.3 Å². The van der Waals surface area contributed by atoms with Gasteiger partial charge in [0.15, 0.2) is 0 Å². The van der Waals surface area contributed by atoms with Crippen molar-refractivity contribution in [2.75, 3.05) is 0 Å². The highest BCUT2D eigenvalue weighted by molar-refractivity contribution is 7.13. The Hall–Kier alpha value is -2.14. The predicted octanol–water partition coefficient (Wildman–Crippen LogP) is 5.91. The van der Waals surface area contributed by atoms with E-state index in [1.807, 2.05) is 48.6 Å². The molecule has 6 heteroatoms. The molecule has 0 unspecified atom stereocenters. The first-order valence-corrected chi connectivity index (χ1v) is 8.99. The van der Waals surface area contributed by atoms with E-state index in [9.17, 15) is 4.79 Å². The molecule has 0 saturated carbocycles. The van der Waals surface area contributed by atoms with Crippen molar-refractivity contribution in [3.8, 4) is 11.3 Å². The normalized spacial score (nSPS) is 11.1. The van der Waals surface area contributed by atoms with Gasteiger partial charge in [-0.25, -0.2) is 4.98 Å². The fraction of sp³-hybridized carbons (Fsp3) is 0.0526. The van der Waals surface area contributed by atoms with Crippen molar-refractivity contribution in [1.29, 1.82) is 0 Å². The van der Waals surface area contributed by atoms with Crippen LogP contribution in [0.1, 0.15) is 15.4 Å². The van der Waals surface area contributed by atoms with Gasteiger partial charge in [0.25, 0.3) is 0 Å². The number of halogens is 2. The zero-order chi connectivity index (χ0) is 17.8. The van der Waals surface area contributed by atoms with Gasteiger partial charge in [-0.1, -0.05) is 53.5 Å². The zero-order valence-electron chi connectivity index (χ0n) is 12.9. The molecule has 2 aromatic carbocycles. The summed E-state index contributed by atoms with van der Waals surface area (Å²) < 4.78 is 0. The molecule has 0 atom stereocenters. The van der Waals surface area contributed by atoms with E-state index < -0.39 is 5.97 Å². The summed E-state index contributed by atoms with van der Waals surface area (Å²) in [6.45, 7) is 0. The summed E-state index contributed by atoms with van der Waals surface area (Å²) in [4.78, 5) is 16.5. The summed E-state index contributed by atoms with van der Waals surface area (Å²) >= 11 is 13.2. The van der Waals surface area contributed by atoms with Crippen molar-refractivity contribution < 1.29 is 9.90 Å². The Kier molecular flexibility index (Phi) is 5.53. The van der Waals surface area contributed by atoms with Crippen LogP contribution in [-0.2, 0) is 11.2 Å². The Morgan fingerprint density at radius 3 is 2.20 bits per heavy atom. The van der Waals surface area contributed by atoms with E-state index >= 15 is 0 Å². The second kappa shape index (κ2) is 7.83. The van der Waals surface area contributed by atoms with Crippen LogP contribution in [0.5, 0.6) is 0 Å². The van der Waals surface area contributed by atoms with Crippen molar-refractivity contribution in [3.63, 3.8) is 0 Å². The lowest BCUT2D eigenvalue weighted by Crippen LogP contribution is -1.99. The molecule has 0 aliphatic heterocycles. The largest absolute Gasteiger partial charge is 0.481 e. The molecular formula is C19H13Cl2NO2S. The van der Waals surface area contributed by atoms with Gasteiger partial charge in [0.1, 0.15) is 5.01 Å². The first-order chi connectivity index (χ1) is 12.0. The summed E-state index contributed by atoms with van der Waals surface area (Å²) in [5.74, 6) is -0.882. The van der Waals surface area contributed by atoms with Crippen molar-refractivity contribution in [3.05, 3.63) is 74.0 Å². The van der Waals surface area contributed by atoms with Gasteiger partial charge in [-0.2, -0.15) is 0 Å². The van der Waals surface area contributed by atoms with Crippen LogP contribution in [0.4, 0.5) is 0 Å². The molecule has 1 heterocycles. The highest BCUT2D eigenvalue weighted by Crippen LogP contribution is 2.30. The summed E-state index contributed by atoms with van der Waals surface area (Å²) in [6.07, 6.45) is 3.73. The first-order valence-electron chi connectivity index (χ1n) is 7.42. The van der Waals surface area contributed by atoms with Gasteiger partial charge in [0, 0.05) is 20.5 Å². The van der Waals surface area contributed by atoms with Crippen LogP contribution in [0.15, 0.2) is 48.5 Å². The summed E-state index contributed by atoms with van der Waals surface area (Å²) in [5, 5.41) is 11.2. The third-order valence-corrected chi connectivity index (χ3v) is 4.96. The molecule has 0 aliphatic rings. The van der Waals surface area contributed by atoms with E-state index in [1.165, 1.54) is 11.3 Å². The van der Waals surface area contributed by atoms with Crippen molar-refractivity contribution >= 4 is 52.7 Å². The number of carboxylic acids is 1. The van der Waals surface area contributed by atoms with Crippen LogP contribution in [0.2, 0.25) is 10.0 Å². The number of aromatic nitrogens is 1. The number of benzene rings is 2. The quantitative estimate of drug-likeness (QED) is 0.589. The van der Waals surface area contributed by atoms with Crippen LogP contribution >= 0.6 is 34.5 Å². The fourth-order valence-corrected chi connectivity index (χ4v) is 3.51. The highest BCUT2D eigenvalue weighted by Gasteiger charge is 2.14. The van der Waals surface area contributed by atoms with Crippen LogP contribution in [-0.4, -0.2) is 16.1 Å². The van der Waals surface area contributed by atoms with Gasteiger partial charge >= 0.3 is 5.97 Å². The van der Waals surface area contributed by atoms with E-state index in [1.54, 1.807) is 12.1 Å². The average molecular weight is 390 g/mol. The average Bonchev–Trinajstić information content (AvgIpc) is 2.97. The second-order valence-electron chi connectivity index (χ2n) is 5.29. The number of thiazole rings is 1. The SMILES string of the molecule is O=C(O)Cc1sc(/C=C/c2ccc(Cl)cc2)nc1-c1ccc(Cl)cc1. The van der Waals surface area contributed by atoms with Gasteiger partial charge in [-0.15, -0.1) is 11.3 Å². The van der Waals surface area contributed by atoms with Crippen LogP contribution in [0.3, 0.4) is 0 Å². The summed E-state index contributed by atoms with van der Waals surface area (Å²) in [7, 11) is 0. The third kappa shape index (κ3) is 4.69. The van der Waals surface area contributed by atoms with E-state index in [2.05, 4.69) is 4.98 Å². The zero-order valence-corrected chi connectivity index (χ0v) is 15.3. The second-order valence-corrected chi connectivity index (χ2v) is 7.27. The third-order valence-electron chi connectivity index (χ3n) is 3.43. The van der Waals surface area contributed by atoms with Gasteiger partial charge in [0.2, 0.25) is 0 Å². The van der Waals surface area contributed by atoms with Crippen LogP contribution in [0, 0.1) is 0 Å². The Morgan fingerprint density at radius 2 is 1.60 bits per heavy atom. The molecule has 0 spiro atoms. The molecule has 3 rings (SSSR count). The molecule has 0 saturated heterocycles. The van der Waals surface area contributed by atoms with Crippen LogP contribution in [0.25, 0.3) is 23.4 Å². The van der Waals surface area contributed by atoms with E-state index in [-0.39, 0.29) is 6.42 Å². The molecule has 0 bridgehead atoms. The minimum absolute atomic E-state index is 0.0651. The molecule has 3 nitrogen and oxygen atoms in total. The molecule has 0 fully saturated rings. The van der Waals surface area contributed by atoms with Crippen molar-refractivity contribution in [1.82, 2.24) is 4.98 Å². The maximum Gasteiger partial charge on any atom is 0.308 e. The topological polar surface area (TPSA) is 50.2 Å². The maximum absolute atomic E-state index is 11.2. The standard InChI is InChI=1S/C19H13Cl2NO2S/c20-14-6-1-12(2-7-14)3-10-17-22-19(16(25-17)11-18(23)24)13-4-8-15(21)9-5-13/h1-10H,11H2,(H,23,24)/b10-3+. The fourth-order valence-electron chi connectivity index (χ4n) is 2.27. The number of aliphatic carboxylic acids is 1. The molecule has 1 N–H and O–H groups in total. The predicted molar refractivity (Wildman–Crippen MR) is 104 cm³/mol. The molecule has 0 radical (unpaired) electrons. The van der Waals surface area contributed by atoms with Crippen molar-refractivity contribution in [2.45, 2.75) is 6.42 Å². The number of hydrogen-bond donors (Lipinski definition) is 1.